The van der Waals surface area contributed by atoms with Crippen molar-refractivity contribution in [3.8, 4) is 0 Å². The molecule has 0 aromatic carbocycles. The van der Waals surface area contributed by atoms with Crippen molar-refractivity contribution in [2.75, 3.05) is 50.2 Å². The van der Waals surface area contributed by atoms with Crippen LogP contribution in [0.5, 0.6) is 0 Å². The summed E-state index contributed by atoms with van der Waals surface area (Å²) in [6.07, 6.45) is 1.12. The zero-order valence-corrected chi connectivity index (χ0v) is 10.9. The third-order valence-electron chi connectivity index (χ3n) is 2.51. The lowest BCUT2D eigenvalue weighted by Gasteiger charge is -2.20. The third-order valence-corrected chi connectivity index (χ3v) is 2.51. The fourth-order valence-electron chi connectivity index (χ4n) is 1.46. The summed E-state index contributed by atoms with van der Waals surface area (Å²) >= 11 is 0. The molecule has 9 nitrogen and oxygen atoms in total. The van der Waals surface area contributed by atoms with E-state index in [2.05, 4.69) is 9.97 Å². The van der Waals surface area contributed by atoms with Gasteiger partial charge in [-0.05, 0) is 0 Å². The van der Waals surface area contributed by atoms with Crippen LogP contribution >= 0.6 is 0 Å². The van der Waals surface area contributed by atoms with Crippen LogP contribution < -0.4 is 9.80 Å². The van der Waals surface area contributed by atoms with E-state index in [9.17, 15) is 10.1 Å². The molecule has 0 aliphatic carbocycles. The Bertz CT molecular complexity index is 442. The van der Waals surface area contributed by atoms with Crippen LogP contribution in [0.4, 0.5) is 17.5 Å². The van der Waals surface area contributed by atoms with Crippen LogP contribution in [0.3, 0.4) is 0 Å². The number of aromatic nitrogens is 2. The molecule has 9 heteroatoms. The molecule has 0 unspecified atom stereocenters. The molecule has 0 saturated heterocycles. The fraction of sp³-hybridized carbons (Fsp3) is 0.600. The third kappa shape index (κ3) is 3.73. The molecule has 19 heavy (non-hydrogen) atoms. The lowest BCUT2D eigenvalue weighted by Crippen LogP contribution is -2.27. The Kier molecular flexibility index (Phi) is 5.39. The van der Waals surface area contributed by atoms with Gasteiger partial charge in [0.05, 0.1) is 18.1 Å². The molecule has 0 radical (unpaired) electrons. The van der Waals surface area contributed by atoms with E-state index in [-0.39, 0.29) is 37.2 Å². The zero-order valence-electron chi connectivity index (χ0n) is 10.9. The highest BCUT2D eigenvalue weighted by molar-refractivity contribution is 5.58. The Morgan fingerprint density at radius 2 is 1.84 bits per heavy atom. The van der Waals surface area contributed by atoms with Gasteiger partial charge in [-0.2, -0.15) is 4.98 Å². The molecule has 1 heterocycles. The molecule has 1 aromatic rings. The van der Waals surface area contributed by atoms with Crippen molar-refractivity contribution in [1.82, 2.24) is 9.97 Å². The van der Waals surface area contributed by atoms with E-state index in [1.165, 1.54) is 4.90 Å². The lowest BCUT2D eigenvalue weighted by atomic mass is 10.4. The molecule has 1 rings (SSSR count). The number of rotatable bonds is 7. The second kappa shape index (κ2) is 6.81. The van der Waals surface area contributed by atoms with Crippen molar-refractivity contribution in [1.29, 1.82) is 0 Å². The number of anilines is 2. The number of aliphatic hydroxyl groups is 2. The zero-order chi connectivity index (χ0) is 14.4. The van der Waals surface area contributed by atoms with Crippen LogP contribution in [0.15, 0.2) is 6.20 Å². The van der Waals surface area contributed by atoms with Crippen molar-refractivity contribution in [3.05, 3.63) is 16.3 Å². The van der Waals surface area contributed by atoms with Crippen LogP contribution in [0, 0.1) is 10.1 Å². The Morgan fingerprint density at radius 3 is 2.37 bits per heavy atom. The normalized spacial score (nSPS) is 10.3. The average molecular weight is 271 g/mol. The molecule has 0 atom stereocenters. The fourth-order valence-corrected chi connectivity index (χ4v) is 1.46. The van der Waals surface area contributed by atoms with Crippen LogP contribution in [-0.2, 0) is 0 Å². The summed E-state index contributed by atoms with van der Waals surface area (Å²) in [4.78, 5) is 21.4. The topological polar surface area (TPSA) is 116 Å². The highest BCUT2D eigenvalue weighted by Crippen LogP contribution is 2.25. The highest BCUT2D eigenvalue weighted by atomic mass is 16.6. The van der Waals surface area contributed by atoms with Gasteiger partial charge in [0.15, 0.2) is 0 Å². The van der Waals surface area contributed by atoms with Gasteiger partial charge >= 0.3 is 5.69 Å². The van der Waals surface area contributed by atoms with E-state index in [0.29, 0.717) is 6.54 Å². The second-order valence-corrected chi connectivity index (χ2v) is 3.93. The summed E-state index contributed by atoms with van der Waals surface area (Å²) < 4.78 is 0. The number of nitro groups is 1. The maximum absolute atomic E-state index is 10.9. The van der Waals surface area contributed by atoms with Crippen molar-refractivity contribution >= 4 is 17.5 Å². The minimum atomic E-state index is -0.570. The van der Waals surface area contributed by atoms with E-state index < -0.39 is 4.92 Å². The standard InChI is InChI=1S/C10H17N5O4/c1-13(3-5-16)9-8(15(18)19)7-11-10(12-9)14(2)4-6-17/h7,16-17H,3-6H2,1-2H3. The number of aliphatic hydroxyl groups excluding tert-OH is 2. The molecule has 0 aliphatic rings. The molecule has 106 valence electrons. The van der Waals surface area contributed by atoms with E-state index in [0.717, 1.165) is 6.20 Å². The van der Waals surface area contributed by atoms with E-state index in [1.54, 1.807) is 19.0 Å². The summed E-state index contributed by atoms with van der Waals surface area (Å²) in [5.41, 5.74) is -0.225. The Morgan fingerprint density at radius 1 is 1.26 bits per heavy atom. The van der Waals surface area contributed by atoms with Gasteiger partial charge in [-0.25, -0.2) is 4.98 Å². The van der Waals surface area contributed by atoms with Gasteiger partial charge in [-0.1, -0.05) is 0 Å². The first-order valence-electron chi connectivity index (χ1n) is 5.66. The second-order valence-electron chi connectivity index (χ2n) is 3.93. The first-order valence-corrected chi connectivity index (χ1v) is 5.66. The maximum atomic E-state index is 10.9. The van der Waals surface area contributed by atoms with Crippen molar-refractivity contribution in [2.24, 2.45) is 0 Å². The van der Waals surface area contributed by atoms with Crippen LogP contribution in [0.2, 0.25) is 0 Å². The van der Waals surface area contributed by atoms with Gasteiger partial charge in [0, 0.05) is 27.2 Å². The monoisotopic (exact) mass is 271 g/mol. The predicted molar refractivity (Wildman–Crippen MR) is 69.4 cm³/mol. The Hall–Kier alpha value is -2.00. The van der Waals surface area contributed by atoms with Crippen LogP contribution in [0.25, 0.3) is 0 Å². The lowest BCUT2D eigenvalue weighted by molar-refractivity contribution is -0.384. The predicted octanol–water partition coefficient (Wildman–Crippen LogP) is -0.758. The molecule has 1 aromatic heterocycles. The van der Waals surface area contributed by atoms with Gasteiger partial charge in [-0.3, -0.25) is 10.1 Å². The molecule has 2 N–H and O–H groups in total. The molecular weight excluding hydrogens is 254 g/mol. The molecule has 0 amide bonds. The van der Waals surface area contributed by atoms with E-state index in [4.69, 9.17) is 10.2 Å². The summed E-state index contributed by atoms with van der Waals surface area (Å²) in [5, 5.41) is 28.7. The van der Waals surface area contributed by atoms with Gasteiger partial charge < -0.3 is 20.0 Å². The van der Waals surface area contributed by atoms with Crippen molar-refractivity contribution < 1.29 is 15.1 Å². The average Bonchev–Trinajstić information content (AvgIpc) is 2.38. The van der Waals surface area contributed by atoms with E-state index in [1.807, 2.05) is 0 Å². The van der Waals surface area contributed by atoms with Gasteiger partial charge in [-0.15, -0.1) is 0 Å². The number of nitrogens with zero attached hydrogens (tertiary/aromatic N) is 5. The highest BCUT2D eigenvalue weighted by Gasteiger charge is 2.21. The smallest absolute Gasteiger partial charge is 0.329 e. The summed E-state index contributed by atoms with van der Waals surface area (Å²) in [6.45, 7) is 0.333. The quantitative estimate of drug-likeness (QED) is 0.491. The molecule has 0 bridgehead atoms. The summed E-state index contributed by atoms with van der Waals surface area (Å²) in [6, 6.07) is 0. The Balaban J connectivity index is 3.14. The van der Waals surface area contributed by atoms with E-state index >= 15 is 0 Å². The maximum Gasteiger partial charge on any atom is 0.329 e. The molecule has 0 aliphatic heterocycles. The number of hydrogen-bond acceptors (Lipinski definition) is 8. The first-order chi connectivity index (χ1) is 9.01. The van der Waals surface area contributed by atoms with Gasteiger partial charge in [0.1, 0.15) is 6.20 Å². The Labute approximate surface area is 110 Å². The molecule has 0 spiro atoms. The molecule has 0 saturated carbocycles. The van der Waals surface area contributed by atoms with Crippen molar-refractivity contribution in [2.45, 2.75) is 0 Å². The summed E-state index contributed by atoms with van der Waals surface area (Å²) in [5.74, 6) is 0.410. The van der Waals surface area contributed by atoms with Gasteiger partial charge in [0.25, 0.3) is 0 Å². The SMILES string of the molecule is CN(CCO)c1ncc([N+](=O)[O-])c(N(C)CCO)n1. The minimum Gasteiger partial charge on any atom is -0.395 e. The molecule has 0 fully saturated rings. The number of hydrogen-bond donors (Lipinski definition) is 2. The molecular formula is C10H17N5O4. The minimum absolute atomic E-state index is 0.0708. The number of likely N-dealkylation sites (N-methyl/N-ethyl adjacent to an activating group) is 2. The largest absolute Gasteiger partial charge is 0.395 e. The van der Waals surface area contributed by atoms with Crippen LogP contribution in [0.1, 0.15) is 0 Å². The summed E-state index contributed by atoms with van der Waals surface area (Å²) in [7, 11) is 3.27. The first kappa shape index (κ1) is 15.1. The van der Waals surface area contributed by atoms with Gasteiger partial charge in [0.2, 0.25) is 11.8 Å². The van der Waals surface area contributed by atoms with Crippen LogP contribution in [-0.4, -0.2) is 65.5 Å². The van der Waals surface area contributed by atoms with Crippen molar-refractivity contribution in [3.63, 3.8) is 0 Å².